The minimum atomic E-state index is -0.381. The average Bonchev–Trinajstić information content (AvgIpc) is 2.95. The molecule has 0 aliphatic rings. The van der Waals surface area contributed by atoms with Crippen molar-refractivity contribution in [2.75, 3.05) is 27.9 Å². The molecule has 1 heterocycles. The summed E-state index contributed by atoms with van der Waals surface area (Å²) in [5.41, 5.74) is 2.11. The van der Waals surface area contributed by atoms with Gasteiger partial charge in [-0.15, -0.1) is 0 Å². The Balaban J connectivity index is 2.42. The third-order valence-corrected chi connectivity index (χ3v) is 3.65. The SMILES string of the molecule is CCOC(=O)c1cnn(C)c1Cc1cc(OC)c(OC)c(OC)c1. The lowest BCUT2D eigenvalue weighted by Gasteiger charge is -2.14. The molecule has 130 valence electrons. The van der Waals surface area contributed by atoms with E-state index in [1.54, 1.807) is 40.0 Å². The predicted octanol–water partition coefficient (Wildman–Crippen LogP) is 2.21. The predicted molar refractivity (Wildman–Crippen MR) is 88.1 cm³/mol. The maximum Gasteiger partial charge on any atom is 0.341 e. The molecule has 2 aromatic rings. The third-order valence-electron chi connectivity index (χ3n) is 3.65. The van der Waals surface area contributed by atoms with E-state index in [0.717, 1.165) is 11.3 Å². The molecule has 0 radical (unpaired) electrons. The van der Waals surface area contributed by atoms with Crippen molar-refractivity contribution in [3.63, 3.8) is 0 Å². The first-order valence-electron chi connectivity index (χ1n) is 7.52. The Morgan fingerprint density at radius 3 is 2.25 bits per heavy atom. The fourth-order valence-electron chi connectivity index (χ4n) is 2.48. The normalized spacial score (nSPS) is 10.4. The molecule has 0 fully saturated rings. The van der Waals surface area contributed by atoms with Crippen LogP contribution in [0.2, 0.25) is 0 Å². The lowest BCUT2D eigenvalue weighted by molar-refractivity contribution is 0.0525. The van der Waals surface area contributed by atoms with Crippen LogP contribution in [-0.4, -0.2) is 43.7 Å². The molecule has 0 amide bonds. The van der Waals surface area contributed by atoms with Gasteiger partial charge in [0.05, 0.1) is 39.8 Å². The summed E-state index contributed by atoms with van der Waals surface area (Å²) in [6.45, 7) is 2.09. The fourth-order valence-corrected chi connectivity index (χ4v) is 2.48. The molecule has 0 N–H and O–H groups in total. The van der Waals surface area contributed by atoms with Gasteiger partial charge >= 0.3 is 5.97 Å². The van der Waals surface area contributed by atoms with Crippen LogP contribution >= 0.6 is 0 Å². The van der Waals surface area contributed by atoms with Gasteiger partial charge in [0.15, 0.2) is 11.5 Å². The Bertz CT molecular complexity index is 699. The van der Waals surface area contributed by atoms with Crippen LogP contribution in [0, 0.1) is 0 Å². The van der Waals surface area contributed by atoms with E-state index in [9.17, 15) is 4.79 Å². The maximum atomic E-state index is 12.1. The number of esters is 1. The summed E-state index contributed by atoms with van der Waals surface area (Å²) in [7, 11) is 6.47. The highest BCUT2D eigenvalue weighted by molar-refractivity contribution is 5.90. The second kappa shape index (κ2) is 7.72. The molecule has 0 aliphatic carbocycles. The number of nitrogens with zero attached hydrogens (tertiary/aromatic N) is 2. The van der Waals surface area contributed by atoms with Crippen molar-refractivity contribution in [3.8, 4) is 17.2 Å². The van der Waals surface area contributed by atoms with Crippen molar-refractivity contribution in [1.29, 1.82) is 0 Å². The second-order valence-electron chi connectivity index (χ2n) is 5.06. The van der Waals surface area contributed by atoms with Crippen LogP contribution in [0.5, 0.6) is 17.2 Å². The highest BCUT2D eigenvalue weighted by atomic mass is 16.5. The quantitative estimate of drug-likeness (QED) is 0.723. The van der Waals surface area contributed by atoms with Gasteiger partial charge in [-0.1, -0.05) is 0 Å². The molecule has 0 bridgehead atoms. The standard InChI is InChI=1S/C17H22N2O5/c1-6-24-17(20)12-10-18-19(2)13(12)7-11-8-14(21-3)16(23-5)15(9-11)22-4/h8-10H,6-7H2,1-5H3. The summed E-state index contributed by atoms with van der Waals surface area (Å²) < 4.78 is 22.8. The van der Waals surface area contributed by atoms with E-state index in [-0.39, 0.29) is 5.97 Å². The van der Waals surface area contributed by atoms with E-state index in [0.29, 0.717) is 35.8 Å². The minimum absolute atomic E-state index is 0.317. The van der Waals surface area contributed by atoms with Crippen molar-refractivity contribution in [2.24, 2.45) is 7.05 Å². The Labute approximate surface area is 141 Å². The summed E-state index contributed by atoms with van der Waals surface area (Å²) in [4.78, 5) is 12.1. The maximum absolute atomic E-state index is 12.1. The molecule has 0 saturated carbocycles. The van der Waals surface area contributed by atoms with Gasteiger partial charge < -0.3 is 18.9 Å². The zero-order valence-corrected chi connectivity index (χ0v) is 14.6. The first-order chi connectivity index (χ1) is 11.5. The molecule has 0 saturated heterocycles. The number of rotatable bonds is 7. The van der Waals surface area contributed by atoms with Gasteiger partial charge in [-0.2, -0.15) is 5.10 Å². The first-order valence-corrected chi connectivity index (χ1v) is 7.52. The van der Waals surface area contributed by atoms with E-state index in [1.807, 2.05) is 12.1 Å². The molecule has 24 heavy (non-hydrogen) atoms. The lowest BCUT2D eigenvalue weighted by atomic mass is 10.1. The Hall–Kier alpha value is -2.70. The molecule has 0 atom stereocenters. The molecule has 0 aliphatic heterocycles. The summed E-state index contributed by atoms with van der Waals surface area (Å²) in [5.74, 6) is 1.27. The molecule has 1 aromatic heterocycles. The molecule has 7 nitrogen and oxygen atoms in total. The van der Waals surface area contributed by atoms with Crippen molar-refractivity contribution < 1.29 is 23.7 Å². The van der Waals surface area contributed by atoms with Gasteiger partial charge in [0.1, 0.15) is 5.56 Å². The summed E-state index contributed by atoms with van der Waals surface area (Å²) >= 11 is 0. The number of aryl methyl sites for hydroxylation is 1. The van der Waals surface area contributed by atoms with Crippen LogP contribution in [0.4, 0.5) is 0 Å². The molecular formula is C17H22N2O5. The molecule has 0 unspecified atom stereocenters. The molecular weight excluding hydrogens is 312 g/mol. The van der Waals surface area contributed by atoms with Crippen LogP contribution < -0.4 is 14.2 Å². The monoisotopic (exact) mass is 334 g/mol. The summed E-state index contributed by atoms with van der Waals surface area (Å²) in [6, 6.07) is 3.70. The van der Waals surface area contributed by atoms with E-state index in [4.69, 9.17) is 18.9 Å². The highest BCUT2D eigenvalue weighted by Gasteiger charge is 2.19. The van der Waals surface area contributed by atoms with Crippen LogP contribution in [0.3, 0.4) is 0 Å². The molecule has 2 rings (SSSR count). The van der Waals surface area contributed by atoms with E-state index >= 15 is 0 Å². The summed E-state index contributed by atoms with van der Waals surface area (Å²) in [5, 5.41) is 4.16. The number of hydrogen-bond acceptors (Lipinski definition) is 6. The van der Waals surface area contributed by atoms with Gasteiger partial charge in [0.2, 0.25) is 5.75 Å². The van der Waals surface area contributed by atoms with E-state index in [1.165, 1.54) is 6.20 Å². The van der Waals surface area contributed by atoms with Gasteiger partial charge in [-0.05, 0) is 24.6 Å². The van der Waals surface area contributed by atoms with E-state index < -0.39 is 0 Å². The number of aromatic nitrogens is 2. The van der Waals surface area contributed by atoms with E-state index in [2.05, 4.69) is 5.10 Å². The topological polar surface area (TPSA) is 71.8 Å². The Morgan fingerprint density at radius 1 is 1.12 bits per heavy atom. The number of benzene rings is 1. The zero-order chi connectivity index (χ0) is 17.7. The van der Waals surface area contributed by atoms with Gasteiger partial charge in [-0.25, -0.2) is 4.79 Å². The van der Waals surface area contributed by atoms with Crippen LogP contribution in [0.15, 0.2) is 18.3 Å². The number of hydrogen-bond donors (Lipinski definition) is 0. The number of ether oxygens (including phenoxy) is 4. The number of methoxy groups -OCH3 is 3. The van der Waals surface area contributed by atoms with Crippen molar-refractivity contribution in [2.45, 2.75) is 13.3 Å². The van der Waals surface area contributed by atoms with Crippen molar-refractivity contribution >= 4 is 5.97 Å². The van der Waals surface area contributed by atoms with Gasteiger partial charge in [-0.3, -0.25) is 4.68 Å². The van der Waals surface area contributed by atoms with Crippen molar-refractivity contribution in [3.05, 3.63) is 35.2 Å². The highest BCUT2D eigenvalue weighted by Crippen LogP contribution is 2.38. The van der Waals surface area contributed by atoms with Crippen LogP contribution in [-0.2, 0) is 18.2 Å². The average molecular weight is 334 g/mol. The first kappa shape index (κ1) is 17.7. The molecule has 0 spiro atoms. The number of carbonyl (C=O) groups is 1. The van der Waals surface area contributed by atoms with Gasteiger partial charge in [0.25, 0.3) is 0 Å². The lowest BCUT2D eigenvalue weighted by Crippen LogP contribution is -2.09. The summed E-state index contributed by atoms with van der Waals surface area (Å²) in [6.07, 6.45) is 1.99. The third kappa shape index (κ3) is 3.45. The zero-order valence-electron chi connectivity index (χ0n) is 14.6. The Kier molecular flexibility index (Phi) is 5.68. The van der Waals surface area contributed by atoms with Gasteiger partial charge in [0, 0.05) is 13.5 Å². The second-order valence-corrected chi connectivity index (χ2v) is 5.06. The smallest absolute Gasteiger partial charge is 0.341 e. The molecule has 1 aromatic carbocycles. The van der Waals surface area contributed by atoms with Crippen LogP contribution in [0.1, 0.15) is 28.5 Å². The largest absolute Gasteiger partial charge is 0.493 e. The number of carbonyl (C=O) groups excluding carboxylic acids is 1. The molecule has 7 heteroatoms. The Morgan fingerprint density at radius 2 is 1.75 bits per heavy atom. The van der Waals surface area contributed by atoms with Crippen molar-refractivity contribution in [1.82, 2.24) is 9.78 Å². The fraction of sp³-hybridized carbons (Fsp3) is 0.412. The van der Waals surface area contributed by atoms with Crippen LogP contribution in [0.25, 0.3) is 0 Å². The minimum Gasteiger partial charge on any atom is -0.493 e.